The zero-order chi connectivity index (χ0) is 14.9. The highest BCUT2D eigenvalue weighted by molar-refractivity contribution is 5.74. The Kier molecular flexibility index (Phi) is 6.30. The molecule has 1 heterocycles. The van der Waals surface area contributed by atoms with Crippen LogP contribution in [0.1, 0.15) is 18.6 Å². The lowest BCUT2D eigenvalue weighted by molar-refractivity contribution is 0.104. The van der Waals surface area contributed by atoms with Crippen LogP contribution < -0.4 is 10.6 Å². The summed E-state index contributed by atoms with van der Waals surface area (Å²) in [4.78, 5) is 11.6. The van der Waals surface area contributed by atoms with Crippen LogP contribution in [0.3, 0.4) is 0 Å². The molecule has 116 valence electrons. The lowest BCUT2D eigenvalue weighted by Gasteiger charge is -2.13. The van der Waals surface area contributed by atoms with Gasteiger partial charge >= 0.3 is 6.03 Å². The maximum absolute atomic E-state index is 11.6. The number of furan rings is 1. The Bertz CT molecular complexity index is 445. The number of carbonyl (C=O) groups excluding carboxylic acids is 1. The summed E-state index contributed by atoms with van der Waals surface area (Å²) in [6, 6.07) is 3.51. The van der Waals surface area contributed by atoms with E-state index in [0.717, 1.165) is 18.6 Å². The second kappa shape index (κ2) is 8.49. The number of ether oxygens (including phenoxy) is 1. The second-order valence-electron chi connectivity index (χ2n) is 5.06. The fraction of sp³-hybridized carbons (Fsp3) is 0.533. The highest BCUT2D eigenvalue weighted by Crippen LogP contribution is 2.16. The Morgan fingerprint density at radius 2 is 2.38 bits per heavy atom. The highest BCUT2D eigenvalue weighted by Gasteiger charge is 2.19. The monoisotopic (exact) mass is 294 g/mol. The second-order valence-corrected chi connectivity index (χ2v) is 5.06. The molecule has 6 heteroatoms. The van der Waals surface area contributed by atoms with Gasteiger partial charge in [-0.15, -0.1) is 0 Å². The minimum absolute atomic E-state index is 0.0114. The molecule has 2 atom stereocenters. The first-order valence-electron chi connectivity index (χ1n) is 7.21. The Hall–Kier alpha value is -1.79. The SMILES string of the molecule is O=C(NCCCOCc1ccco1)N[C@@H]1C=C[C@H](CO)C1. The third kappa shape index (κ3) is 5.61. The molecule has 21 heavy (non-hydrogen) atoms. The molecule has 3 N–H and O–H groups in total. The van der Waals surface area contributed by atoms with E-state index in [1.165, 1.54) is 0 Å². The molecule has 2 amide bonds. The summed E-state index contributed by atoms with van der Waals surface area (Å²) in [5.74, 6) is 0.956. The number of aliphatic hydroxyl groups excluding tert-OH is 1. The summed E-state index contributed by atoms with van der Waals surface area (Å²) in [5, 5.41) is 14.6. The van der Waals surface area contributed by atoms with Crippen LogP contribution >= 0.6 is 0 Å². The van der Waals surface area contributed by atoms with Gasteiger partial charge in [0.05, 0.1) is 6.26 Å². The van der Waals surface area contributed by atoms with Crippen molar-refractivity contribution in [2.75, 3.05) is 19.8 Å². The van der Waals surface area contributed by atoms with Crippen molar-refractivity contribution in [2.45, 2.75) is 25.5 Å². The maximum Gasteiger partial charge on any atom is 0.315 e. The third-order valence-electron chi connectivity index (χ3n) is 3.30. The van der Waals surface area contributed by atoms with Gasteiger partial charge < -0.3 is 24.9 Å². The minimum Gasteiger partial charge on any atom is -0.467 e. The average molecular weight is 294 g/mol. The van der Waals surface area contributed by atoms with Crippen molar-refractivity contribution in [3.8, 4) is 0 Å². The number of rotatable bonds is 8. The smallest absolute Gasteiger partial charge is 0.315 e. The van der Waals surface area contributed by atoms with Crippen LogP contribution in [-0.4, -0.2) is 36.9 Å². The topological polar surface area (TPSA) is 83.7 Å². The van der Waals surface area contributed by atoms with Crippen LogP contribution in [0.4, 0.5) is 4.79 Å². The normalized spacial score (nSPS) is 20.6. The molecule has 1 aromatic rings. The summed E-state index contributed by atoms with van der Waals surface area (Å²) >= 11 is 0. The van der Waals surface area contributed by atoms with Crippen molar-refractivity contribution < 1.29 is 19.1 Å². The van der Waals surface area contributed by atoms with Crippen molar-refractivity contribution in [3.05, 3.63) is 36.3 Å². The molecule has 0 saturated heterocycles. The lowest BCUT2D eigenvalue weighted by atomic mass is 10.1. The first-order valence-corrected chi connectivity index (χ1v) is 7.21. The average Bonchev–Trinajstić information content (AvgIpc) is 3.14. The molecule has 0 aliphatic heterocycles. The third-order valence-corrected chi connectivity index (χ3v) is 3.30. The van der Waals surface area contributed by atoms with E-state index >= 15 is 0 Å². The zero-order valence-electron chi connectivity index (χ0n) is 12.0. The summed E-state index contributed by atoms with van der Waals surface area (Å²) in [7, 11) is 0. The Morgan fingerprint density at radius 1 is 1.48 bits per heavy atom. The van der Waals surface area contributed by atoms with Gasteiger partial charge in [0.15, 0.2) is 0 Å². The molecule has 1 aliphatic carbocycles. The summed E-state index contributed by atoms with van der Waals surface area (Å²) in [6.45, 7) is 1.71. The van der Waals surface area contributed by atoms with Crippen LogP contribution in [0.15, 0.2) is 35.0 Å². The van der Waals surface area contributed by atoms with Gasteiger partial charge in [0.2, 0.25) is 0 Å². The van der Waals surface area contributed by atoms with Gasteiger partial charge in [0.25, 0.3) is 0 Å². The fourth-order valence-electron chi connectivity index (χ4n) is 2.18. The molecule has 1 aromatic heterocycles. The van der Waals surface area contributed by atoms with Crippen LogP contribution in [0.5, 0.6) is 0 Å². The molecule has 0 unspecified atom stereocenters. The van der Waals surface area contributed by atoms with E-state index in [9.17, 15) is 4.79 Å². The van der Waals surface area contributed by atoms with Crippen molar-refractivity contribution in [1.82, 2.24) is 10.6 Å². The van der Waals surface area contributed by atoms with Gasteiger partial charge in [-0.1, -0.05) is 12.2 Å². The predicted molar refractivity (Wildman–Crippen MR) is 77.6 cm³/mol. The Labute approximate surface area is 124 Å². The Balaban J connectivity index is 1.47. The van der Waals surface area contributed by atoms with Gasteiger partial charge in [-0.25, -0.2) is 4.79 Å². The fourth-order valence-corrected chi connectivity index (χ4v) is 2.18. The van der Waals surface area contributed by atoms with Crippen LogP contribution in [-0.2, 0) is 11.3 Å². The lowest BCUT2D eigenvalue weighted by Crippen LogP contribution is -2.41. The standard InChI is InChI=1S/C15H22N2O4/c18-10-12-4-5-13(9-12)17-15(19)16-6-2-7-20-11-14-3-1-8-21-14/h1,3-5,8,12-13,18H,2,6-7,9-11H2,(H2,16,17,19)/t12-,13+/m0/s1. The van der Waals surface area contributed by atoms with Crippen molar-refractivity contribution in [2.24, 2.45) is 5.92 Å². The van der Waals surface area contributed by atoms with Crippen molar-refractivity contribution in [1.29, 1.82) is 0 Å². The van der Waals surface area contributed by atoms with Gasteiger partial charge in [-0.2, -0.15) is 0 Å². The number of hydrogen-bond donors (Lipinski definition) is 3. The van der Waals surface area contributed by atoms with Crippen molar-refractivity contribution in [3.63, 3.8) is 0 Å². The van der Waals surface area contributed by atoms with Crippen LogP contribution in [0.2, 0.25) is 0 Å². The summed E-state index contributed by atoms with van der Waals surface area (Å²) in [6.07, 6.45) is 6.98. The summed E-state index contributed by atoms with van der Waals surface area (Å²) < 4.78 is 10.6. The molecule has 0 spiro atoms. The number of nitrogens with one attached hydrogen (secondary N) is 2. The van der Waals surface area contributed by atoms with E-state index in [4.69, 9.17) is 14.3 Å². The van der Waals surface area contributed by atoms with E-state index in [0.29, 0.717) is 19.8 Å². The minimum atomic E-state index is -0.186. The molecule has 2 rings (SSSR count). The molecule has 1 aliphatic rings. The van der Waals surface area contributed by atoms with Gasteiger partial charge in [0, 0.05) is 31.7 Å². The van der Waals surface area contributed by atoms with E-state index in [-0.39, 0.29) is 24.6 Å². The van der Waals surface area contributed by atoms with Gasteiger partial charge in [-0.3, -0.25) is 0 Å². The summed E-state index contributed by atoms with van der Waals surface area (Å²) in [5.41, 5.74) is 0. The molecular weight excluding hydrogens is 272 g/mol. The van der Waals surface area contributed by atoms with Crippen molar-refractivity contribution >= 4 is 6.03 Å². The highest BCUT2D eigenvalue weighted by atomic mass is 16.5. The molecule has 0 fully saturated rings. The quantitative estimate of drug-likeness (QED) is 0.500. The zero-order valence-corrected chi connectivity index (χ0v) is 12.0. The van der Waals surface area contributed by atoms with E-state index < -0.39 is 0 Å². The maximum atomic E-state index is 11.6. The number of aliphatic hydroxyl groups is 1. The Morgan fingerprint density at radius 3 is 3.10 bits per heavy atom. The van der Waals surface area contributed by atoms with Crippen LogP contribution in [0.25, 0.3) is 0 Å². The first-order chi connectivity index (χ1) is 10.3. The predicted octanol–water partition coefficient (Wildman–Crippen LogP) is 1.42. The number of urea groups is 1. The number of amides is 2. The van der Waals surface area contributed by atoms with Gasteiger partial charge in [0.1, 0.15) is 12.4 Å². The van der Waals surface area contributed by atoms with Gasteiger partial charge in [-0.05, 0) is 25.0 Å². The molecular formula is C15H22N2O4. The largest absolute Gasteiger partial charge is 0.467 e. The number of hydrogen-bond acceptors (Lipinski definition) is 4. The molecule has 0 bridgehead atoms. The molecule has 0 radical (unpaired) electrons. The first kappa shape index (κ1) is 15.6. The molecule has 6 nitrogen and oxygen atoms in total. The van der Waals surface area contributed by atoms with E-state index in [2.05, 4.69) is 10.6 Å². The van der Waals surface area contributed by atoms with E-state index in [1.54, 1.807) is 6.26 Å². The van der Waals surface area contributed by atoms with Crippen LogP contribution in [0, 0.1) is 5.92 Å². The molecule has 0 aromatic carbocycles. The molecule has 0 saturated carbocycles. The van der Waals surface area contributed by atoms with E-state index in [1.807, 2.05) is 24.3 Å². The number of carbonyl (C=O) groups is 1.